The fraction of sp³-hybridized carbons (Fsp3) is 0.462. The molecule has 1 N–H and O–H groups in total. The first-order chi connectivity index (χ1) is 9.06. The van der Waals surface area contributed by atoms with Crippen LogP contribution in [0.5, 0.6) is 0 Å². The van der Waals surface area contributed by atoms with Crippen molar-refractivity contribution in [1.29, 1.82) is 0 Å². The number of aromatic nitrogens is 1. The quantitative estimate of drug-likeness (QED) is 0.755. The fourth-order valence-corrected chi connectivity index (χ4v) is 2.09. The molecule has 1 aromatic heterocycles. The Balaban J connectivity index is 1.97. The number of carbonyl (C=O) groups excluding carboxylic acids is 2. The highest BCUT2D eigenvalue weighted by atomic mass is 16.5. The number of amides is 2. The summed E-state index contributed by atoms with van der Waals surface area (Å²) < 4.78 is 5.53. The molecule has 0 spiro atoms. The third-order valence-corrected chi connectivity index (χ3v) is 2.81. The maximum atomic E-state index is 12.0. The van der Waals surface area contributed by atoms with Gasteiger partial charge in [-0.05, 0) is 26.0 Å². The van der Waals surface area contributed by atoms with Crippen molar-refractivity contribution >= 4 is 17.6 Å². The molecule has 6 nitrogen and oxygen atoms in total. The van der Waals surface area contributed by atoms with Crippen molar-refractivity contribution in [3.8, 4) is 0 Å². The number of morpholine rings is 1. The van der Waals surface area contributed by atoms with E-state index in [0.717, 1.165) is 0 Å². The molecule has 0 aliphatic carbocycles. The smallest absolute Gasteiger partial charge is 0.315 e. The van der Waals surface area contributed by atoms with Crippen LogP contribution in [-0.4, -0.2) is 47.0 Å². The molecule has 2 atom stereocenters. The summed E-state index contributed by atoms with van der Waals surface area (Å²) in [6.45, 7) is 4.62. The predicted molar refractivity (Wildman–Crippen MR) is 69.5 cm³/mol. The third-order valence-electron chi connectivity index (χ3n) is 2.81. The van der Waals surface area contributed by atoms with E-state index in [1.807, 2.05) is 13.8 Å². The van der Waals surface area contributed by atoms with Crippen LogP contribution in [0.1, 0.15) is 13.8 Å². The minimum Gasteiger partial charge on any atom is -0.372 e. The van der Waals surface area contributed by atoms with E-state index in [1.54, 1.807) is 24.4 Å². The minimum absolute atomic E-state index is 0.0599. The second kappa shape index (κ2) is 5.79. The van der Waals surface area contributed by atoms with Gasteiger partial charge in [0, 0.05) is 19.3 Å². The molecule has 2 amide bonds. The van der Waals surface area contributed by atoms with Gasteiger partial charge >= 0.3 is 11.8 Å². The van der Waals surface area contributed by atoms with E-state index < -0.39 is 11.8 Å². The van der Waals surface area contributed by atoms with Crippen LogP contribution in [0.4, 0.5) is 5.82 Å². The number of anilines is 1. The fourth-order valence-electron chi connectivity index (χ4n) is 2.09. The molecule has 2 rings (SSSR count). The maximum absolute atomic E-state index is 12.0. The van der Waals surface area contributed by atoms with Crippen LogP contribution in [0.25, 0.3) is 0 Å². The van der Waals surface area contributed by atoms with Crippen molar-refractivity contribution in [2.75, 3.05) is 18.4 Å². The minimum atomic E-state index is -0.667. The summed E-state index contributed by atoms with van der Waals surface area (Å²) in [7, 11) is 0. The van der Waals surface area contributed by atoms with Gasteiger partial charge in [-0.2, -0.15) is 0 Å². The van der Waals surface area contributed by atoms with Crippen molar-refractivity contribution in [1.82, 2.24) is 9.88 Å². The van der Waals surface area contributed by atoms with E-state index in [9.17, 15) is 9.59 Å². The van der Waals surface area contributed by atoms with Crippen LogP contribution in [0.3, 0.4) is 0 Å². The molecule has 1 aliphatic rings. The summed E-state index contributed by atoms with van der Waals surface area (Å²) in [4.78, 5) is 29.3. The van der Waals surface area contributed by atoms with Gasteiger partial charge in [-0.25, -0.2) is 4.98 Å². The second-order valence-electron chi connectivity index (χ2n) is 4.64. The molecule has 0 saturated carbocycles. The molecular formula is C13H17N3O3. The van der Waals surface area contributed by atoms with Crippen LogP contribution < -0.4 is 5.32 Å². The first-order valence-corrected chi connectivity index (χ1v) is 6.23. The zero-order chi connectivity index (χ0) is 13.8. The number of hydrogen-bond acceptors (Lipinski definition) is 4. The Morgan fingerprint density at radius 2 is 2.00 bits per heavy atom. The second-order valence-corrected chi connectivity index (χ2v) is 4.64. The Morgan fingerprint density at radius 3 is 2.58 bits per heavy atom. The summed E-state index contributed by atoms with van der Waals surface area (Å²) in [6.07, 6.45) is 1.43. The lowest BCUT2D eigenvalue weighted by Gasteiger charge is -2.34. The zero-order valence-electron chi connectivity index (χ0n) is 11.0. The zero-order valence-corrected chi connectivity index (χ0v) is 11.0. The van der Waals surface area contributed by atoms with Gasteiger partial charge in [0.1, 0.15) is 5.82 Å². The van der Waals surface area contributed by atoms with Crippen LogP contribution >= 0.6 is 0 Å². The number of carbonyl (C=O) groups is 2. The van der Waals surface area contributed by atoms with Gasteiger partial charge in [0.15, 0.2) is 0 Å². The Hall–Kier alpha value is -1.95. The molecule has 0 aromatic carbocycles. The molecule has 0 radical (unpaired) electrons. The van der Waals surface area contributed by atoms with E-state index in [4.69, 9.17) is 4.74 Å². The Kier molecular flexibility index (Phi) is 4.11. The highest BCUT2D eigenvalue weighted by Gasteiger charge is 2.29. The van der Waals surface area contributed by atoms with Crippen molar-refractivity contribution in [3.05, 3.63) is 24.4 Å². The standard InChI is InChI=1S/C13H17N3O3/c1-9-7-16(8-10(2)19-9)13(18)12(17)15-11-5-3-4-6-14-11/h3-6,9-10H,7-8H2,1-2H3,(H,14,15,17). The molecule has 102 valence electrons. The van der Waals surface area contributed by atoms with Gasteiger partial charge < -0.3 is 15.0 Å². The summed E-state index contributed by atoms with van der Waals surface area (Å²) >= 11 is 0. The number of hydrogen-bond donors (Lipinski definition) is 1. The average molecular weight is 263 g/mol. The van der Waals surface area contributed by atoms with Crippen LogP contribution in [0.15, 0.2) is 24.4 Å². The number of ether oxygens (including phenoxy) is 1. The number of rotatable bonds is 1. The van der Waals surface area contributed by atoms with E-state index in [0.29, 0.717) is 18.9 Å². The summed E-state index contributed by atoms with van der Waals surface area (Å²) in [5.74, 6) is -0.845. The van der Waals surface area contributed by atoms with E-state index in [-0.39, 0.29) is 12.2 Å². The van der Waals surface area contributed by atoms with Crippen molar-refractivity contribution in [2.45, 2.75) is 26.1 Å². The summed E-state index contributed by atoms with van der Waals surface area (Å²) in [5.41, 5.74) is 0. The van der Waals surface area contributed by atoms with Crippen LogP contribution in [0, 0.1) is 0 Å². The normalized spacial score (nSPS) is 22.9. The monoisotopic (exact) mass is 263 g/mol. The topological polar surface area (TPSA) is 71.5 Å². The SMILES string of the molecule is CC1CN(C(=O)C(=O)Nc2ccccn2)CC(C)O1. The number of nitrogens with one attached hydrogen (secondary N) is 1. The van der Waals surface area contributed by atoms with E-state index in [1.165, 1.54) is 4.90 Å². The molecule has 2 unspecified atom stereocenters. The molecule has 1 aliphatic heterocycles. The number of pyridine rings is 1. The number of nitrogens with zero attached hydrogens (tertiary/aromatic N) is 2. The third kappa shape index (κ3) is 3.51. The van der Waals surface area contributed by atoms with Crippen molar-refractivity contribution in [2.24, 2.45) is 0 Å². The van der Waals surface area contributed by atoms with Gasteiger partial charge in [0.25, 0.3) is 0 Å². The van der Waals surface area contributed by atoms with Gasteiger partial charge in [0.05, 0.1) is 12.2 Å². The largest absolute Gasteiger partial charge is 0.372 e. The van der Waals surface area contributed by atoms with E-state index >= 15 is 0 Å². The highest BCUT2D eigenvalue weighted by molar-refractivity contribution is 6.39. The van der Waals surface area contributed by atoms with Crippen molar-refractivity contribution < 1.29 is 14.3 Å². The lowest BCUT2D eigenvalue weighted by atomic mass is 10.2. The first kappa shape index (κ1) is 13.5. The van der Waals surface area contributed by atoms with Crippen LogP contribution in [0.2, 0.25) is 0 Å². The molecular weight excluding hydrogens is 246 g/mol. The molecule has 6 heteroatoms. The van der Waals surface area contributed by atoms with Crippen LogP contribution in [-0.2, 0) is 14.3 Å². The van der Waals surface area contributed by atoms with Gasteiger partial charge in [-0.1, -0.05) is 6.07 Å². The van der Waals surface area contributed by atoms with Gasteiger partial charge in [0.2, 0.25) is 0 Å². The Bertz CT molecular complexity index is 453. The molecule has 1 fully saturated rings. The summed E-state index contributed by atoms with van der Waals surface area (Å²) in [5, 5.41) is 2.49. The van der Waals surface area contributed by atoms with Gasteiger partial charge in [-0.15, -0.1) is 0 Å². The average Bonchev–Trinajstić information content (AvgIpc) is 2.37. The lowest BCUT2D eigenvalue weighted by molar-refractivity contribution is -0.151. The van der Waals surface area contributed by atoms with Crippen molar-refractivity contribution in [3.63, 3.8) is 0 Å². The molecule has 1 saturated heterocycles. The molecule has 0 bridgehead atoms. The first-order valence-electron chi connectivity index (χ1n) is 6.23. The Morgan fingerprint density at radius 1 is 1.32 bits per heavy atom. The predicted octanol–water partition coefficient (Wildman–Crippen LogP) is 0.656. The van der Waals surface area contributed by atoms with E-state index in [2.05, 4.69) is 10.3 Å². The molecule has 1 aromatic rings. The molecule has 2 heterocycles. The van der Waals surface area contributed by atoms with Gasteiger partial charge in [-0.3, -0.25) is 9.59 Å². The maximum Gasteiger partial charge on any atom is 0.315 e. The lowest BCUT2D eigenvalue weighted by Crippen LogP contribution is -2.51. The highest BCUT2D eigenvalue weighted by Crippen LogP contribution is 2.11. The molecule has 19 heavy (non-hydrogen) atoms. The Labute approximate surface area is 111 Å². The summed E-state index contributed by atoms with van der Waals surface area (Å²) in [6, 6.07) is 5.12.